The van der Waals surface area contributed by atoms with Crippen LogP contribution in [0, 0.1) is 0 Å². The summed E-state index contributed by atoms with van der Waals surface area (Å²) in [6, 6.07) is -1.29. The van der Waals surface area contributed by atoms with Crippen LogP contribution < -0.4 is 10.6 Å². The lowest BCUT2D eigenvalue weighted by Crippen LogP contribution is -2.48. The van der Waals surface area contributed by atoms with Gasteiger partial charge >= 0.3 is 5.97 Å². The molecule has 0 aromatic heterocycles. The molecule has 1 heterocycles. The maximum absolute atomic E-state index is 11.7. The minimum atomic E-state index is -0.663. The summed E-state index contributed by atoms with van der Waals surface area (Å²) in [6.45, 7) is 6.46. The van der Waals surface area contributed by atoms with Gasteiger partial charge in [-0.3, -0.25) is 9.59 Å². The van der Waals surface area contributed by atoms with Gasteiger partial charge in [0, 0.05) is 13.3 Å². The lowest BCUT2D eigenvalue weighted by atomic mass is 10.0. The Bertz CT molecular complexity index is 351. The highest BCUT2D eigenvalue weighted by atomic mass is 16.6. The van der Waals surface area contributed by atoms with Crippen molar-refractivity contribution < 1.29 is 19.1 Å². The highest BCUT2D eigenvalue weighted by Gasteiger charge is 2.41. The lowest BCUT2D eigenvalue weighted by Gasteiger charge is -2.16. The number of amides is 2. The van der Waals surface area contributed by atoms with E-state index in [9.17, 15) is 14.4 Å². The molecule has 6 nitrogen and oxygen atoms in total. The van der Waals surface area contributed by atoms with Crippen molar-refractivity contribution in [1.82, 2.24) is 10.6 Å². The van der Waals surface area contributed by atoms with Gasteiger partial charge in [-0.2, -0.15) is 0 Å². The number of carbonyl (C=O) groups excluding carboxylic acids is 3. The predicted octanol–water partition coefficient (Wildman–Crippen LogP) is -0.279. The van der Waals surface area contributed by atoms with Gasteiger partial charge in [-0.05, 0) is 20.8 Å². The Kier molecular flexibility index (Phi) is 3.75. The summed E-state index contributed by atoms with van der Waals surface area (Å²) in [4.78, 5) is 33.9. The van der Waals surface area contributed by atoms with Gasteiger partial charge in [-0.1, -0.05) is 0 Å². The van der Waals surface area contributed by atoms with Gasteiger partial charge < -0.3 is 15.4 Å². The third-order valence-corrected chi connectivity index (χ3v) is 2.49. The molecule has 1 aliphatic heterocycles. The highest BCUT2D eigenvalue weighted by molar-refractivity contribution is 5.90. The predicted molar refractivity (Wildman–Crippen MR) is 60.0 cm³/mol. The molecule has 0 bridgehead atoms. The third kappa shape index (κ3) is 3.72. The fourth-order valence-corrected chi connectivity index (χ4v) is 1.74. The number of ether oxygens (including phenoxy) is 1. The van der Waals surface area contributed by atoms with Crippen LogP contribution in [-0.2, 0) is 19.1 Å². The van der Waals surface area contributed by atoms with E-state index in [-0.39, 0.29) is 11.8 Å². The summed E-state index contributed by atoms with van der Waals surface area (Å²) in [5, 5.41) is 5.01. The molecule has 2 N–H and O–H groups in total. The van der Waals surface area contributed by atoms with E-state index in [1.165, 1.54) is 6.92 Å². The van der Waals surface area contributed by atoms with Crippen molar-refractivity contribution >= 4 is 17.8 Å². The zero-order valence-corrected chi connectivity index (χ0v) is 10.5. The second-order valence-corrected chi connectivity index (χ2v) is 4.87. The first kappa shape index (κ1) is 13.5. The smallest absolute Gasteiger partial charge is 0.329 e. The van der Waals surface area contributed by atoms with E-state index in [0.29, 0.717) is 6.42 Å². The molecule has 0 aromatic carbocycles. The third-order valence-electron chi connectivity index (χ3n) is 2.49. The average Bonchev–Trinajstić information content (AvgIpc) is 2.38. The molecule has 0 spiro atoms. The van der Waals surface area contributed by atoms with E-state index in [1.54, 1.807) is 20.8 Å². The lowest BCUT2D eigenvalue weighted by molar-refractivity contribution is -0.148. The quantitative estimate of drug-likeness (QED) is 0.667. The van der Waals surface area contributed by atoms with E-state index in [1.807, 2.05) is 0 Å². The number of hydrogen-bond donors (Lipinski definition) is 2. The van der Waals surface area contributed by atoms with Gasteiger partial charge in [-0.15, -0.1) is 0 Å². The van der Waals surface area contributed by atoms with Gasteiger partial charge in [0.05, 0.1) is 0 Å². The summed E-state index contributed by atoms with van der Waals surface area (Å²) < 4.78 is 5.08. The molecule has 17 heavy (non-hydrogen) atoms. The average molecular weight is 242 g/mol. The van der Waals surface area contributed by atoms with Gasteiger partial charge in [0.15, 0.2) is 0 Å². The largest absolute Gasteiger partial charge is 0.458 e. The summed E-state index contributed by atoms with van der Waals surface area (Å²) in [7, 11) is 0. The van der Waals surface area contributed by atoms with Crippen LogP contribution in [0.3, 0.4) is 0 Å². The number of esters is 1. The van der Waals surface area contributed by atoms with Crippen LogP contribution in [0.15, 0.2) is 0 Å². The molecule has 1 rings (SSSR count). The fourth-order valence-electron chi connectivity index (χ4n) is 1.74. The van der Waals surface area contributed by atoms with Crippen molar-refractivity contribution in [1.29, 1.82) is 0 Å². The Morgan fingerprint density at radius 2 is 2.06 bits per heavy atom. The second kappa shape index (κ2) is 4.73. The van der Waals surface area contributed by atoms with E-state index >= 15 is 0 Å². The monoisotopic (exact) mass is 242 g/mol. The number of cyclic esters (lactones) is 1. The molecule has 1 saturated heterocycles. The normalized spacial score (nSPS) is 23.8. The Labute approximate surface area is 100 Å². The van der Waals surface area contributed by atoms with Crippen LogP contribution in [0.5, 0.6) is 0 Å². The molecule has 1 aliphatic rings. The standard InChI is InChI=1S/C11H18N2O4/c1-6(12-7(2)14)9(15)13-8-5-11(3,4)17-10(8)16/h6,8H,5H2,1-4H3,(H,12,14)(H,13,15)/t6-,8-/m0/s1. The van der Waals surface area contributed by atoms with Crippen LogP contribution in [0.2, 0.25) is 0 Å². The molecule has 2 amide bonds. The number of carbonyl (C=O) groups is 3. The minimum absolute atomic E-state index is 0.290. The zero-order valence-electron chi connectivity index (χ0n) is 10.5. The van der Waals surface area contributed by atoms with Crippen molar-refractivity contribution in [3.63, 3.8) is 0 Å². The first-order valence-electron chi connectivity index (χ1n) is 5.51. The van der Waals surface area contributed by atoms with Crippen molar-refractivity contribution in [2.45, 2.75) is 51.8 Å². The SMILES string of the molecule is CC(=O)N[C@@H](C)C(=O)N[C@H]1CC(C)(C)OC1=O. The van der Waals surface area contributed by atoms with E-state index in [0.717, 1.165) is 0 Å². The molecular formula is C11H18N2O4. The molecular weight excluding hydrogens is 224 g/mol. The van der Waals surface area contributed by atoms with Crippen LogP contribution in [0.1, 0.15) is 34.1 Å². The minimum Gasteiger partial charge on any atom is -0.458 e. The summed E-state index contributed by atoms with van der Waals surface area (Å²) in [5.41, 5.74) is -0.549. The van der Waals surface area contributed by atoms with Gasteiger partial charge in [0.1, 0.15) is 17.7 Å². The number of hydrogen-bond acceptors (Lipinski definition) is 4. The molecule has 0 radical (unpaired) electrons. The number of rotatable bonds is 3. The van der Waals surface area contributed by atoms with Crippen LogP contribution in [0.25, 0.3) is 0 Å². The maximum Gasteiger partial charge on any atom is 0.329 e. The highest BCUT2D eigenvalue weighted by Crippen LogP contribution is 2.25. The number of nitrogens with one attached hydrogen (secondary N) is 2. The van der Waals surface area contributed by atoms with Crippen LogP contribution in [-0.4, -0.2) is 35.5 Å². The molecule has 96 valence electrons. The van der Waals surface area contributed by atoms with Gasteiger partial charge in [0.25, 0.3) is 0 Å². The molecule has 0 aliphatic carbocycles. The second-order valence-electron chi connectivity index (χ2n) is 4.87. The molecule has 2 atom stereocenters. The van der Waals surface area contributed by atoms with Crippen LogP contribution in [0.4, 0.5) is 0 Å². The van der Waals surface area contributed by atoms with E-state index < -0.39 is 23.7 Å². The molecule has 0 saturated carbocycles. The van der Waals surface area contributed by atoms with Crippen molar-refractivity contribution in [2.24, 2.45) is 0 Å². The summed E-state index contributed by atoms with van der Waals surface area (Å²) >= 11 is 0. The van der Waals surface area contributed by atoms with Crippen LogP contribution >= 0.6 is 0 Å². The van der Waals surface area contributed by atoms with E-state index in [2.05, 4.69) is 10.6 Å². The summed E-state index contributed by atoms with van der Waals surface area (Å²) in [6.07, 6.45) is 0.435. The Morgan fingerprint density at radius 1 is 1.47 bits per heavy atom. The Balaban J connectivity index is 2.52. The van der Waals surface area contributed by atoms with Crippen molar-refractivity contribution in [3.8, 4) is 0 Å². The van der Waals surface area contributed by atoms with Gasteiger partial charge in [-0.25, -0.2) is 4.79 Å². The summed E-state index contributed by atoms with van der Waals surface area (Å²) in [5.74, 6) is -1.11. The topological polar surface area (TPSA) is 84.5 Å². The Hall–Kier alpha value is -1.59. The molecule has 0 aromatic rings. The fraction of sp³-hybridized carbons (Fsp3) is 0.727. The molecule has 0 unspecified atom stereocenters. The molecule has 6 heteroatoms. The van der Waals surface area contributed by atoms with Gasteiger partial charge in [0.2, 0.25) is 11.8 Å². The van der Waals surface area contributed by atoms with Crippen molar-refractivity contribution in [2.75, 3.05) is 0 Å². The zero-order chi connectivity index (χ0) is 13.2. The molecule has 1 fully saturated rings. The van der Waals surface area contributed by atoms with Crippen molar-refractivity contribution in [3.05, 3.63) is 0 Å². The first-order chi connectivity index (χ1) is 7.71. The van der Waals surface area contributed by atoms with E-state index in [4.69, 9.17) is 4.74 Å². The maximum atomic E-state index is 11.7. The Morgan fingerprint density at radius 3 is 2.47 bits per heavy atom. The first-order valence-corrected chi connectivity index (χ1v) is 5.51.